The van der Waals surface area contributed by atoms with Gasteiger partial charge in [0.05, 0.1) is 18.9 Å². The fraction of sp³-hybridized carbons (Fsp3) is 0.188. The number of hydrogen-bond donors (Lipinski definition) is 0. The molecule has 21 heavy (non-hydrogen) atoms. The molecule has 0 fully saturated rings. The molecule has 0 aliphatic heterocycles. The number of ketones is 1. The number of hydrogen-bond acceptors (Lipinski definition) is 5. The molecule has 0 saturated carbocycles. The summed E-state index contributed by atoms with van der Waals surface area (Å²) >= 11 is 0. The maximum absolute atomic E-state index is 12.4. The van der Waals surface area contributed by atoms with Gasteiger partial charge in [0.15, 0.2) is 11.5 Å². The van der Waals surface area contributed by atoms with Gasteiger partial charge in [0, 0.05) is 17.2 Å². The van der Waals surface area contributed by atoms with Gasteiger partial charge in [-0.2, -0.15) is 0 Å². The summed E-state index contributed by atoms with van der Waals surface area (Å²) in [6, 6.07) is 6.72. The van der Waals surface area contributed by atoms with Crippen molar-refractivity contribution in [2.24, 2.45) is 0 Å². The molecule has 0 N–H and O–H groups in total. The normalized spacial score (nSPS) is 15.9. The zero-order valence-electron chi connectivity index (χ0n) is 11.5. The first-order valence-electron chi connectivity index (χ1n) is 6.56. The lowest BCUT2D eigenvalue weighted by Crippen LogP contribution is -2.15. The number of carbonyl (C=O) groups is 2. The SMILES string of the molecule is COC(=O)c1ccc2c(c1)CC/C(=C\c1ccno1)C2=O. The summed E-state index contributed by atoms with van der Waals surface area (Å²) in [4.78, 5) is 24.0. The van der Waals surface area contributed by atoms with E-state index >= 15 is 0 Å². The van der Waals surface area contributed by atoms with E-state index in [9.17, 15) is 9.59 Å². The zero-order chi connectivity index (χ0) is 14.8. The number of esters is 1. The number of carbonyl (C=O) groups excluding carboxylic acids is 2. The van der Waals surface area contributed by atoms with E-state index in [1.165, 1.54) is 13.3 Å². The van der Waals surface area contributed by atoms with Crippen LogP contribution in [0.1, 0.15) is 38.5 Å². The highest BCUT2D eigenvalue weighted by Gasteiger charge is 2.23. The molecule has 1 heterocycles. The molecule has 1 aliphatic rings. The third kappa shape index (κ3) is 2.50. The number of allylic oxidation sites excluding steroid dienone is 1. The molecule has 0 atom stereocenters. The second kappa shape index (κ2) is 5.36. The lowest BCUT2D eigenvalue weighted by Gasteiger charge is -2.17. The molecule has 0 spiro atoms. The highest BCUT2D eigenvalue weighted by atomic mass is 16.5. The third-order valence-electron chi connectivity index (χ3n) is 3.50. The predicted octanol–water partition coefficient (Wildman–Crippen LogP) is 2.67. The molecule has 0 bridgehead atoms. The minimum absolute atomic E-state index is 0.0379. The third-order valence-corrected chi connectivity index (χ3v) is 3.50. The summed E-state index contributed by atoms with van der Waals surface area (Å²) in [6.45, 7) is 0. The van der Waals surface area contributed by atoms with Crippen LogP contribution in [0.15, 0.2) is 40.6 Å². The smallest absolute Gasteiger partial charge is 0.337 e. The average molecular weight is 283 g/mol. The van der Waals surface area contributed by atoms with Crippen LogP contribution in [0.25, 0.3) is 6.08 Å². The summed E-state index contributed by atoms with van der Waals surface area (Å²) in [7, 11) is 1.34. The van der Waals surface area contributed by atoms with Gasteiger partial charge in [-0.25, -0.2) is 4.79 Å². The average Bonchev–Trinajstić information content (AvgIpc) is 3.02. The summed E-state index contributed by atoms with van der Waals surface area (Å²) in [5.74, 6) is 0.130. The van der Waals surface area contributed by atoms with Crippen molar-refractivity contribution < 1.29 is 18.8 Å². The largest absolute Gasteiger partial charge is 0.465 e. The van der Waals surface area contributed by atoms with Gasteiger partial charge in [-0.3, -0.25) is 4.79 Å². The Balaban J connectivity index is 1.94. The number of aromatic nitrogens is 1. The molecule has 2 aromatic rings. The quantitative estimate of drug-likeness (QED) is 0.626. The van der Waals surface area contributed by atoms with E-state index in [0.29, 0.717) is 35.3 Å². The topological polar surface area (TPSA) is 69.4 Å². The minimum atomic E-state index is -0.395. The second-order valence-corrected chi connectivity index (χ2v) is 4.78. The van der Waals surface area contributed by atoms with Gasteiger partial charge in [-0.1, -0.05) is 5.16 Å². The van der Waals surface area contributed by atoms with Crippen LogP contribution in [0.4, 0.5) is 0 Å². The Morgan fingerprint density at radius 2 is 2.19 bits per heavy atom. The van der Waals surface area contributed by atoms with Crippen molar-refractivity contribution in [1.29, 1.82) is 0 Å². The Morgan fingerprint density at radius 3 is 2.90 bits per heavy atom. The fourth-order valence-electron chi connectivity index (χ4n) is 2.43. The number of methoxy groups -OCH3 is 1. The van der Waals surface area contributed by atoms with Crippen LogP contribution < -0.4 is 0 Å². The molecule has 5 heteroatoms. The van der Waals surface area contributed by atoms with Crippen molar-refractivity contribution in [3.8, 4) is 0 Å². The minimum Gasteiger partial charge on any atom is -0.465 e. The number of rotatable bonds is 2. The number of aryl methyl sites for hydroxylation is 1. The zero-order valence-corrected chi connectivity index (χ0v) is 11.5. The predicted molar refractivity (Wildman–Crippen MR) is 74.9 cm³/mol. The Hall–Kier alpha value is -2.69. The van der Waals surface area contributed by atoms with Gasteiger partial charge < -0.3 is 9.26 Å². The Bertz CT molecular complexity index is 729. The van der Waals surface area contributed by atoms with Crippen molar-refractivity contribution in [2.75, 3.05) is 7.11 Å². The first-order valence-corrected chi connectivity index (χ1v) is 6.56. The Morgan fingerprint density at radius 1 is 1.33 bits per heavy atom. The first-order chi connectivity index (χ1) is 10.2. The molecular weight excluding hydrogens is 270 g/mol. The highest BCUT2D eigenvalue weighted by molar-refractivity contribution is 6.13. The number of nitrogens with zero attached hydrogens (tertiary/aromatic N) is 1. The van der Waals surface area contributed by atoms with E-state index < -0.39 is 5.97 Å². The number of benzene rings is 1. The molecule has 106 valence electrons. The van der Waals surface area contributed by atoms with Gasteiger partial charge >= 0.3 is 5.97 Å². The van der Waals surface area contributed by atoms with Gasteiger partial charge in [0.1, 0.15) is 0 Å². The molecule has 5 nitrogen and oxygen atoms in total. The molecule has 0 saturated heterocycles. The van der Waals surface area contributed by atoms with E-state index in [0.717, 1.165) is 5.56 Å². The maximum atomic E-state index is 12.4. The van der Waals surface area contributed by atoms with Crippen molar-refractivity contribution in [1.82, 2.24) is 5.16 Å². The van der Waals surface area contributed by atoms with E-state index in [-0.39, 0.29) is 5.78 Å². The number of ether oxygens (including phenoxy) is 1. The van der Waals surface area contributed by atoms with Crippen LogP contribution in [-0.2, 0) is 11.2 Å². The molecule has 3 rings (SSSR count). The summed E-state index contributed by atoms with van der Waals surface area (Å²) in [5.41, 5.74) is 2.65. The fourth-order valence-corrected chi connectivity index (χ4v) is 2.43. The lowest BCUT2D eigenvalue weighted by atomic mass is 9.85. The van der Waals surface area contributed by atoms with Crippen LogP contribution in [0.5, 0.6) is 0 Å². The van der Waals surface area contributed by atoms with Crippen LogP contribution >= 0.6 is 0 Å². The number of fused-ring (bicyclic) bond motifs is 1. The molecule has 1 aliphatic carbocycles. The van der Waals surface area contributed by atoms with Crippen molar-refractivity contribution in [2.45, 2.75) is 12.8 Å². The van der Waals surface area contributed by atoms with Gasteiger partial charge in [0.2, 0.25) is 0 Å². The van der Waals surface area contributed by atoms with E-state index in [1.54, 1.807) is 30.3 Å². The van der Waals surface area contributed by atoms with Crippen LogP contribution in [0.3, 0.4) is 0 Å². The van der Waals surface area contributed by atoms with Crippen molar-refractivity contribution in [3.63, 3.8) is 0 Å². The Labute approximate surface area is 121 Å². The second-order valence-electron chi connectivity index (χ2n) is 4.78. The summed E-state index contributed by atoms with van der Waals surface area (Å²) in [6.07, 6.45) is 4.56. The standard InChI is InChI=1S/C16H13NO4/c1-20-16(19)12-4-5-14-10(8-12)2-3-11(15(14)18)9-13-6-7-17-21-13/h4-9H,2-3H2,1H3/b11-9+. The monoisotopic (exact) mass is 283 g/mol. The maximum Gasteiger partial charge on any atom is 0.337 e. The molecule has 0 unspecified atom stereocenters. The van der Waals surface area contributed by atoms with Gasteiger partial charge in [0.25, 0.3) is 0 Å². The van der Waals surface area contributed by atoms with Crippen LogP contribution in [0, 0.1) is 0 Å². The molecule has 0 radical (unpaired) electrons. The summed E-state index contributed by atoms with van der Waals surface area (Å²) < 4.78 is 9.69. The van der Waals surface area contributed by atoms with E-state index in [2.05, 4.69) is 5.16 Å². The first kappa shape index (κ1) is 13.3. The van der Waals surface area contributed by atoms with Crippen LogP contribution in [-0.4, -0.2) is 24.0 Å². The molecule has 1 aromatic heterocycles. The molecular formula is C16H13NO4. The Kier molecular flexibility index (Phi) is 3.39. The van der Waals surface area contributed by atoms with Gasteiger partial charge in [-0.05, 0) is 42.7 Å². The molecule has 1 aromatic carbocycles. The van der Waals surface area contributed by atoms with E-state index in [4.69, 9.17) is 9.26 Å². The summed E-state index contributed by atoms with van der Waals surface area (Å²) in [5, 5.41) is 3.62. The molecule has 0 amide bonds. The van der Waals surface area contributed by atoms with E-state index in [1.807, 2.05) is 0 Å². The lowest BCUT2D eigenvalue weighted by molar-refractivity contribution is 0.0600. The number of Topliss-reactive ketones (excluding diaryl/α,β-unsaturated/α-hetero) is 1. The van der Waals surface area contributed by atoms with Crippen LogP contribution in [0.2, 0.25) is 0 Å². The highest BCUT2D eigenvalue weighted by Crippen LogP contribution is 2.27. The van der Waals surface area contributed by atoms with Crippen molar-refractivity contribution >= 4 is 17.8 Å². The van der Waals surface area contributed by atoms with Gasteiger partial charge in [-0.15, -0.1) is 0 Å². The van der Waals surface area contributed by atoms with Crippen molar-refractivity contribution in [3.05, 3.63) is 58.5 Å².